The summed E-state index contributed by atoms with van der Waals surface area (Å²) in [4.78, 5) is 11.4. The number of nitrogens with two attached hydrogens (primary N) is 1. The van der Waals surface area contributed by atoms with Gasteiger partial charge in [0.25, 0.3) is 0 Å². The number of hydrogen-bond donors (Lipinski definition) is 2. The average Bonchev–Trinajstić information content (AvgIpc) is 2.38. The van der Waals surface area contributed by atoms with Gasteiger partial charge in [0.15, 0.2) is 0 Å². The molecule has 1 aliphatic rings. The van der Waals surface area contributed by atoms with E-state index in [0.717, 1.165) is 25.7 Å². The van der Waals surface area contributed by atoms with Gasteiger partial charge in [0.1, 0.15) is 5.82 Å². The molecular weight excluding hydrogens is 231 g/mol. The van der Waals surface area contributed by atoms with E-state index in [0.29, 0.717) is 12.1 Å². The summed E-state index contributed by atoms with van der Waals surface area (Å²) in [6, 6.07) is 6.77. The maximum atomic E-state index is 13.5. The summed E-state index contributed by atoms with van der Waals surface area (Å²) >= 11 is 0. The highest BCUT2D eigenvalue weighted by Gasteiger charge is 2.28. The highest BCUT2D eigenvalue weighted by Crippen LogP contribution is 2.24. The second kappa shape index (κ2) is 5.96. The predicted molar refractivity (Wildman–Crippen MR) is 68.2 cm³/mol. The van der Waals surface area contributed by atoms with Crippen LogP contribution in [0.1, 0.15) is 31.2 Å². The molecule has 2 atom stereocenters. The Morgan fingerprint density at radius 2 is 2.06 bits per heavy atom. The van der Waals surface area contributed by atoms with Gasteiger partial charge in [-0.2, -0.15) is 0 Å². The standard InChI is InChI=1S/C14H19FN2O/c15-12-7-3-1-5-10(12)9-17-13-8-4-2-6-11(13)14(16)18/h1,3,5,7,11,13,17H,2,4,6,8-9H2,(H2,16,18)/t11-,13+/m0/s1. The van der Waals surface area contributed by atoms with Crippen LogP contribution in [-0.4, -0.2) is 11.9 Å². The van der Waals surface area contributed by atoms with E-state index in [1.165, 1.54) is 6.07 Å². The minimum atomic E-state index is -0.249. The quantitative estimate of drug-likeness (QED) is 0.858. The van der Waals surface area contributed by atoms with Gasteiger partial charge in [-0.25, -0.2) is 4.39 Å². The Kier molecular flexibility index (Phi) is 4.31. The zero-order chi connectivity index (χ0) is 13.0. The topological polar surface area (TPSA) is 55.1 Å². The van der Waals surface area contributed by atoms with Gasteiger partial charge in [-0.1, -0.05) is 31.0 Å². The van der Waals surface area contributed by atoms with Crippen molar-refractivity contribution in [2.75, 3.05) is 0 Å². The third kappa shape index (κ3) is 3.07. The minimum Gasteiger partial charge on any atom is -0.369 e. The molecule has 0 unspecified atom stereocenters. The van der Waals surface area contributed by atoms with E-state index in [1.54, 1.807) is 12.1 Å². The summed E-state index contributed by atoms with van der Waals surface area (Å²) in [5.74, 6) is -0.581. The lowest BCUT2D eigenvalue weighted by Crippen LogP contribution is -2.44. The minimum absolute atomic E-state index is 0.0795. The number of rotatable bonds is 4. The Bertz CT molecular complexity index is 422. The normalized spacial score (nSPS) is 23.8. The monoisotopic (exact) mass is 250 g/mol. The first-order chi connectivity index (χ1) is 8.68. The van der Waals surface area contributed by atoms with Crippen LogP contribution in [0, 0.1) is 11.7 Å². The van der Waals surface area contributed by atoms with Crippen LogP contribution in [0.3, 0.4) is 0 Å². The molecule has 1 aliphatic carbocycles. The Balaban J connectivity index is 1.96. The molecule has 0 aliphatic heterocycles. The van der Waals surface area contributed by atoms with Gasteiger partial charge < -0.3 is 11.1 Å². The average molecular weight is 250 g/mol. The molecule has 18 heavy (non-hydrogen) atoms. The third-order valence-electron chi connectivity index (χ3n) is 3.64. The Morgan fingerprint density at radius 1 is 1.33 bits per heavy atom. The fourth-order valence-corrected chi connectivity index (χ4v) is 2.60. The number of carbonyl (C=O) groups excluding carboxylic acids is 1. The van der Waals surface area contributed by atoms with Crippen molar-refractivity contribution in [3.63, 3.8) is 0 Å². The first kappa shape index (κ1) is 13.0. The largest absolute Gasteiger partial charge is 0.369 e. The van der Waals surface area contributed by atoms with E-state index in [2.05, 4.69) is 5.32 Å². The molecule has 0 radical (unpaired) electrons. The number of hydrogen-bond acceptors (Lipinski definition) is 2. The number of carbonyl (C=O) groups is 1. The summed E-state index contributed by atoms with van der Waals surface area (Å²) in [6.07, 6.45) is 3.91. The second-order valence-electron chi connectivity index (χ2n) is 4.87. The molecule has 2 rings (SSSR count). The van der Waals surface area contributed by atoms with E-state index in [4.69, 9.17) is 5.73 Å². The number of halogens is 1. The third-order valence-corrected chi connectivity index (χ3v) is 3.64. The molecular formula is C14H19FN2O. The highest BCUT2D eigenvalue weighted by molar-refractivity contribution is 5.77. The van der Waals surface area contributed by atoms with Crippen molar-refractivity contribution in [2.45, 2.75) is 38.3 Å². The number of benzene rings is 1. The molecule has 0 aromatic heterocycles. The van der Waals surface area contributed by atoms with Crippen LogP contribution in [0.2, 0.25) is 0 Å². The molecule has 0 bridgehead atoms. The maximum Gasteiger partial charge on any atom is 0.222 e. The van der Waals surface area contributed by atoms with Gasteiger partial charge >= 0.3 is 0 Å². The first-order valence-electron chi connectivity index (χ1n) is 6.44. The van der Waals surface area contributed by atoms with Gasteiger partial charge in [0.2, 0.25) is 5.91 Å². The van der Waals surface area contributed by atoms with Crippen molar-refractivity contribution in [1.82, 2.24) is 5.32 Å². The molecule has 0 saturated heterocycles. The lowest BCUT2D eigenvalue weighted by molar-refractivity contribution is -0.123. The van der Waals surface area contributed by atoms with Crippen LogP contribution in [0.5, 0.6) is 0 Å². The summed E-state index contributed by atoms with van der Waals surface area (Å²) in [7, 11) is 0. The zero-order valence-electron chi connectivity index (χ0n) is 10.4. The van der Waals surface area contributed by atoms with Gasteiger partial charge in [-0.3, -0.25) is 4.79 Å². The van der Waals surface area contributed by atoms with Crippen molar-refractivity contribution in [1.29, 1.82) is 0 Å². The molecule has 1 saturated carbocycles. The van der Waals surface area contributed by atoms with Crippen molar-refractivity contribution in [3.8, 4) is 0 Å². The van der Waals surface area contributed by atoms with Crippen LogP contribution >= 0.6 is 0 Å². The van der Waals surface area contributed by atoms with Crippen molar-refractivity contribution in [3.05, 3.63) is 35.6 Å². The molecule has 1 aromatic carbocycles. The molecule has 0 heterocycles. The fraction of sp³-hybridized carbons (Fsp3) is 0.500. The molecule has 1 aromatic rings. The van der Waals surface area contributed by atoms with Crippen molar-refractivity contribution >= 4 is 5.91 Å². The molecule has 98 valence electrons. The zero-order valence-corrected chi connectivity index (χ0v) is 10.4. The summed E-state index contributed by atoms with van der Waals surface area (Å²) in [5, 5.41) is 3.27. The number of amides is 1. The molecule has 4 heteroatoms. The lowest BCUT2D eigenvalue weighted by atomic mass is 9.84. The molecule has 3 N–H and O–H groups in total. The summed E-state index contributed by atoms with van der Waals surface area (Å²) in [5.41, 5.74) is 6.03. The van der Waals surface area contributed by atoms with E-state index in [-0.39, 0.29) is 23.7 Å². The SMILES string of the molecule is NC(=O)[C@H]1CCCC[C@H]1NCc1ccccc1F. The first-order valence-corrected chi connectivity index (χ1v) is 6.44. The number of nitrogens with one attached hydrogen (secondary N) is 1. The van der Waals surface area contributed by atoms with Crippen molar-refractivity contribution in [2.24, 2.45) is 11.7 Å². The van der Waals surface area contributed by atoms with Crippen LogP contribution in [0.25, 0.3) is 0 Å². The smallest absolute Gasteiger partial charge is 0.222 e. The maximum absolute atomic E-state index is 13.5. The highest BCUT2D eigenvalue weighted by atomic mass is 19.1. The Hall–Kier alpha value is -1.42. The van der Waals surface area contributed by atoms with Crippen LogP contribution in [0.4, 0.5) is 4.39 Å². The van der Waals surface area contributed by atoms with E-state index < -0.39 is 0 Å². The summed E-state index contributed by atoms with van der Waals surface area (Å²) < 4.78 is 13.5. The van der Waals surface area contributed by atoms with Crippen LogP contribution < -0.4 is 11.1 Å². The van der Waals surface area contributed by atoms with Crippen LogP contribution in [0.15, 0.2) is 24.3 Å². The summed E-state index contributed by atoms with van der Waals surface area (Å²) in [6.45, 7) is 0.446. The van der Waals surface area contributed by atoms with Gasteiger partial charge in [-0.05, 0) is 18.9 Å². The van der Waals surface area contributed by atoms with Gasteiger partial charge in [0.05, 0.1) is 5.92 Å². The van der Waals surface area contributed by atoms with Gasteiger partial charge in [0, 0.05) is 18.2 Å². The van der Waals surface area contributed by atoms with Gasteiger partial charge in [-0.15, -0.1) is 0 Å². The molecule has 1 amide bonds. The number of primary amides is 1. The van der Waals surface area contributed by atoms with E-state index >= 15 is 0 Å². The Morgan fingerprint density at radius 3 is 2.78 bits per heavy atom. The van der Waals surface area contributed by atoms with Crippen LogP contribution in [-0.2, 0) is 11.3 Å². The molecule has 1 fully saturated rings. The predicted octanol–water partition coefficient (Wildman–Crippen LogP) is 1.96. The second-order valence-corrected chi connectivity index (χ2v) is 4.87. The fourth-order valence-electron chi connectivity index (χ4n) is 2.60. The van der Waals surface area contributed by atoms with Crippen molar-refractivity contribution < 1.29 is 9.18 Å². The lowest BCUT2D eigenvalue weighted by Gasteiger charge is -2.30. The molecule has 3 nitrogen and oxygen atoms in total. The van der Waals surface area contributed by atoms with E-state index in [1.807, 2.05) is 6.07 Å². The van der Waals surface area contributed by atoms with E-state index in [9.17, 15) is 9.18 Å². The molecule has 0 spiro atoms. The Labute approximate surface area is 107 Å².